The summed E-state index contributed by atoms with van der Waals surface area (Å²) in [6.07, 6.45) is 10.9. The largest absolute Gasteiger partial charge is 0.458 e. The van der Waals surface area contributed by atoms with Crippen molar-refractivity contribution >= 4 is 5.97 Å². The zero-order chi connectivity index (χ0) is 17.0. The molecule has 0 bridgehead atoms. The summed E-state index contributed by atoms with van der Waals surface area (Å²) in [6, 6.07) is 0. The smallest absolute Gasteiger partial charge is 0.303 e. The predicted octanol–water partition coefficient (Wildman–Crippen LogP) is 4.75. The first kappa shape index (κ1) is 17.8. The van der Waals surface area contributed by atoms with Gasteiger partial charge >= 0.3 is 5.97 Å². The minimum Gasteiger partial charge on any atom is -0.458 e. The molecule has 1 saturated heterocycles. The fraction of sp³-hybridized carbons (Fsp3) is 0.650. The van der Waals surface area contributed by atoms with Crippen molar-refractivity contribution in [3.05, 3.63) is 35.6 Å². The van der Waals surface area contributed by atoms with Gasteiger partial charge in [-0.2, -0.15) is 0 Å². The van der Waals surface area contributed by atoms with Crippen LogP contribution < -0.4 is 0 Å². The highest BCUT2D eigenvalue weighted by Crippen LogP contribution is 2.35. The van der Waals surface area contributed by atoms with Crippen LogP contribution in [0.4, 0.5) is 0 Å². The van der Waals surface area contributed by atoms with Gasteiger partial charge in [-0.3, -0.25) is 4.79 Å². The van der Waals surface area contributed by atoms with Crippen molar-refractivity contribution in [2.75, 3.05) is 6.54 Å². The molecule has 0 amide bonds. The second-order valence-corrected chi connectivity index (χ2v) is 7.28. The third-order valence-corrected chi connectivity index (χ3v) is 5.11. The summed E-state index contributed by atoms with van der Waals surface area (Å²) in [5, 5.41) is 0. The lowest BCUT2D eigenvalue weighted by Gasteiger charge is -2.45. The number of esters is 1. The molecule has 0 radical (unpaired) electrons. The minimum absolute atomic E-state index is 0.143. The molecule has 1 heterocycles. The summed E-state index contributed by atoms with van der Waals surface area (Å²) in [6.45, 7) is 13.6. The molecule has 2 fully saturated rings. The van der Waals surface area contributed by atoms with Crippen molar-refractivity contribution in [3.8, 4) is 0 Å². The van der Waals surface area contributed by atoms with Gasteiger partial charge in [0.15, 0.2) is 0 Å². The highest BCUT2D eigenvalue weighted by Gasteiger charge is 2.30. The molecule has 1 unspecified atom stereocenters. The van der Waals surface area contributed by atoms with E-state index < -0.39 is 0 Å². The summed E-state index contributed by atoms with van der Waals surface area (Å²) in [5.74, 6) is -0.220. The maximum atomic E-state index is 11.2. The SMILES string of the molecule is C=C1/C(=C\C=C2/CCCC(C)(C)N2CC)CCCC1OC(C)=O. The van der Waals surface area contributed by atoms with Gasteiger partial charge in [0.1, 0.15) is 6.10 Å². The average molecular weight is 317 g/mol. The van der Waals surface area contributed by atoms with Gasteiger partial charge in [0.25, 0.3) is 0 Å². The van der Waals surface area contributed by atoms with Crippen LogP contribution in [0.15, 0.2) is 35.6 Å². The van der Waals surface area contributed by atoms with Crippen LogP contribution in [-0.4, -0.2) is 29.1 Å². The first-order valence-corrected chi connectivity index (χ1v) is 8.89. The summed E-state index contributed by atoms with van der Waals surface area (Å²) < 4.78 is 5.39. The molecule has 0 spiro atoms. The molecule has 1 atom stereocenters. The van der Waals surface area contributed by atoms with Crippen molar-refractivity contribution in [2.45, 2.75) is 77.9 Å². The molecule has 1 aliphatic carbocycles. The van der Waals surface area contributed by atoms with E-state index in [4.69, 9.17) is 4.74 Å². The Morgan fingerprint density at radius 3 is 2.74 bits per heavy atom. The topological polar surface area (TPSA) is 29.5 Å². The van der Waals surface area contributed by atoms with E-state index in [9.17, 15) is 4.79 Å². The number of ether oxygens (including phenoxy) is 1. The highest BCUT2D eigenvalue weighted by atomic mass is 16.5. The molecule has 23 heavy (non-hydrogen) atoms. The van der Waals surface area contributed by atoms with Gasteiger partial charge in [0, 0.05) is 24.7 Å². The lowest BCUT2D eigenvalue weighted by molar-refractivity contribution is -0.145. The number of hydrogen-bond acceptors (Lipinski definition) is 3. The number of nitrogens with zero attached hydrogens (tertiary/aromatic N) is 1. The summed E-state index contributed by atoms with van der Waals surface area (Å²) in [7, 11) is 0. The maximum absolute atomic E-state index is 11.2. The third-order valence-electron chi connectivity index (χ3n) is 5.11. The lowest BCUT2D eigenvalue weighted by atomic mass is 9.86. The number of piperidine rings is 1. The van der Waals surface area contributed by atoms with Gasteiger partial charge < -0.3 is 9.64 Å². The molecule has 2 aliphatic rings. The quantitative estimate of drug-likeness (QED) is 0.703. The average Bonchev–Trinajstić information content (AvgIpc) is 2.47. The van der Waals surface area contributed by atoms with Crippen LogP contribution in [-0.2, 0) is 9.53 Å². The first-order valence-electron chi connectivity index (χ1n) is 8.89. The monoisotopic (exact) mass is 317 g/mol. The van der Waals surface area contributed by atoms with Crippen LogP contribution >= 0.6 is 0 Å². The van der Waals surface area contributed by atoms with E-state index in [1.165, 1.54) is 31.0 Å². The zero-order valence-corrected chi connectivity index (χ0v) is 15.2. The van der Waals surface area contributed by atoms with Gasteiger partial charge in [-0.15, -0.1) is 0 Å². The van der Waals surface area contributed by atoms with Crippen molar-refractivity contribution in [1.82, 2.24) is 4.90 Å². The van der Waals surface area contributed by atoms with Crippen molar-refractivity contribution in [2.24, 2.45) is 0 Å². The Morgan fingerprint density at radius 1 is 1.35 bits per heavy atom. The number of carbonyl (C=O) groups is 1. The molecule has 128 valence electrons. The molecule has 0 N–H and O–H groups in total. The maximum Gasteiger partial charge on any atom is 0.303 e. The lowest BCUT2D eigenvalue weighted by Crippen LogP contribution is -2.45. The van der Waals surface area contributed by atoms with Gasteiger partial charge in [0.05, 0.1) is 0 Å². The molecule has 1 aliphatic heterocycles. The number of allylic oxidation sites excluding steroid dienone is 3. The first-order chi connectivity index (χ1) is 10.8. The Labute approximate surface area is 141 Å². The van der Waals surface area contributed by atoms with Crippen LogP contribution in [0.2, 0.25) is 0 Å². The Balaban J connectivity index is 2.16. The van der Waals surface area contributed by atoms with Gasteiger partial charge in [-0.05, 0) is 76.5 Å². The van der Waals surface area contributed by atoms with E-state index in [2.05, 4.69) is 44.4 Å². The molecular weight excluding hydrogens is 286 g/mol. The standard InChI is InChI=1S/C20H31NO2/c1-6-21-18(10-8-14-20(21,4)5)13-12-17-9-7-11-19(15(17)2)23-16(3)22/h12-13,19H,2,6-11,14H2,1,3-5H3/b17-12-,18-13+. The molecule has 3 heteroatoms. The van der Waals surface area contributed by atoms with Crippen LogP contribution in [0.25, 0.3) is 0 Å². The van der Waals surface area contributed by atoms with E-state index in [1.807, 2.05) is 0 Å². The molecule has 2 rings (SSSR count). The molecule has 1 saturated carbocycles. The van der Waals surface area contributed by atoms with E-state index in [0.717, 1.165) is 37.8 Å². The Kier molecular flexibility index (Phi) is 5.72. The number of hydrogen-bond donors (Lipinski definition) is 0. The summed E-state index contributed by atoms with van der Waals surface area (Å²) in [5.41, 5.74) is 3.86. The van der Waals surface area contributed by atoms with Gasteiger partial charge in [0.2, 0.25) is 0 Å². The van der Waals surface area contributed by atoms with Crippen molar-refractivity contribution in [1.29, 1.82) is 0 Å². The normalized spacial score (nSPS) is 28.3. The molecule has 0 aromatic carbocycles. The molecule has 0 aromatic heterocycles. The van der Waals surface area contributed by atoms with Crippen molar-refractivity contribution < 1.29 is 9.53 Å². The molecular formula is C20H31NO2. The second kappa shape index (κ2) is 7.37. The van der Waals surface area contributed by atoms with Crippen LogP contribution in [0.5, 0.6) is 0 Å². The van der Waals surface area contributed by atoms with E-state index in [-0.39, 0.29) is 17.6 Å². The van der Waals surface area contributed by atoms with Crippen molar-refractivity contribution in [3.63, 3.8) is 0 Å². The number of carbonyl (C=O) groups excluding carboxylic acids is 1. The number of likely N-dealkylation sites (tertiary alicyclic amines) is 1. The Bertz CT molecular complexity index is 528. The van der Waals surface area contributed by atoms with Gasteiger partial charge in [-0.25, -0.2) is 0 Å². The van der Waals surface area contributed by atoms with Crippen LogP contribution in [0.3, 0.4) is 0 Å². The van der Waals surface area contributed by atoms with E-state index >= 15 is 0 Å². The Morgan fingerprint density at radius 2 is 2.09 bits per heavy atom. The minimum atomic E-state index is -0.220. The van der Waals surface area contributed by atoms with Crippen LogP contribution in [0, 0.1) is 0 Å². The molecule has 3 nitrogen and oxygen atoms in total. The van der Waals surface area contributed by atoms with E-state index in [1.54, 1.807) is 0 Å². The highest BCUT2D eigenvalue weighted by molar-refractivity contribution is 5.66. The second-order valence-electron chi connectivity index (χ2n) is 7.28. The van der Waals surface area contributed by atoms with Gasteiger partial charge in [-0.1, -0.05) is 12.7 Å². The predicted molar refractivity (Wildman–Crippen MR) is 95.0 cm³/mol. The van der Waals surface area contributed by atoms with Crippen LogP contribution in [0.1, 0.15) is 66.2 Å². The molecule has 0 aromatic rings. The third kappa shape index (κ3) is 4.27. The summed E-state index contributed by atoms with van der Waals surface area (Å²) in [4.78, 5) is 13.7. The fourth-order valence-corrected chi connectivity index (χ4v) is 3.90. The zero-order valence-electron chi connectivity index (χ0n) is 15.2. The van der Waals surface area contributed by atoms with E-state index in [0.29, 0.717) is 0 Å². The summed E-state index contributed by atoms with van der Waals surface area (Å²) >= 11 is 0. The fourth-order valence-electron chi connectivity index (χ4n) is 3.90. The Hall–Kier alpha value is -1.51. The number of rotatable bonds is 3.